The van der Waals surface area contributed by atoms with Gasteiger partial charge in [0.1, 0.15) is 6.10 Å². The summed E-state index contributed by atoms with van der Waals surface area (Å²) < 4.78 is 12.5. The SMILES string of the molecule is C/C(=C\C#N)[C@@H]1OC[C@@H](C)C[C@H]1O[Si](C)(C)C(C)(C)C. The van der Waals surface area contributed by atoms with Gasteiger partial charge in [0.05, 0.1) is 18.8 Å². The van der Waals surface area contributed by atoms with Crippen molar-refractivity contribution < 1.29 is 9.16 Å². The molecule has 1 aliphatic heterocycles. The molecule has 3 nitrogen and oxygen atoms in total. The summed E-state index contributed by atoms with van der Waals surface area (Å²) in [6.45, 7) is 16.2. The number of hydrogen-bond acceptors (Lipinski definition) is 3. The van der Waals surface area contributed by atoms with E-state index in [1.807, 2.05) is 6.92 Å². The average Bonchev–Trinajstić information content (AvgIpc) is 2.27. The zero-order chi connectivity index (χ0) is 15.6. The van der Waals surface area contributed by atoms with Gasteiger partial charge < -0.3 is 9.16 Å². The Morgan fingerprint density at radius 2 is 2.00 bits per heavy atom. The zero-order valence-electron chi connectivity index (χ0n) is 14.0. The summed E-state index contributed by atoms with van der Waals surface area (Å²) in [5.74, 6) is 0.510. The van der Waals surface area contributed by atoms with Crippen molar-refractivity contribution in [3.05, 3.63) is 11.6 Å². The molecule has 1 aliphatic rings. The summed E-state index contributed by atoms with van der Waals surface area (Å²) >= 11 is 0. The summed E-state index contributed by atoms with van der Waals surface area (Å²) in [6, 6.07) is 2.10. The third kappa shape index (κ3) is 4.18. The standard InChI is InChI=1S/C16H29NO2Si/c1-12-10-14(19-20(6,7)16(3,4)5)15(18-11-12)13(2)8-9-17/h8,12,14-15H,10-11H2,1-7H3/b13-8+/t12-,14+,15-/m0/s1. The summed E-state index contributed by atoms with van der Waals surface area (Å²) in [4.78, 5) is 0. The van der Waals surface area contributed by atoms with E-state index in [9.17, 15) is 0 Å². The molecule has 0 aromatic heterocycles. The van der Waals surface area contributed by atoms with Gasteiger partial charge in [-0.05, 0) is 43.0 Å². The van der Waals surface area contributed by atoms with Crippen molar-refractivity contribution >= 4 is 8.32 Å². The maximum Gasteiger partial charge on any atom is 0.192 e. The smallest absolute Gasteiger partial charge is 0.192 e. The molecule has 114 valence electrons. The van der Waals surface area contributed by atoms with E-state index in [1.54, 1.807) is 6.08 Å². The lowest BCUT2D eigenvalue weighted by Crippen LogP contribution is -2.50. The quantitative estimate of drug-likeness (QED) is 0.577. The van der Waals surface area contributed by atoms with E-state index >= 15 is 0 Å². The highest BCUT2D eigenvalue weighted by atomic mass is 28.4. The Balaban J connectivity index is 2.92. The van der Waals surface area contributed by atoms with Crippen molar-refractivity contribution in [2.45, 2.75) is 71.4 Å². The highest BCUT2D eigenvalue weighted by Crippen LogP contribution is 2.40. The van der Waals surface area contributed by atoms with Crippen molar-refractivity contribution in [2.24, 2.45) is 5.92 Å². The normalized spacial score (nSPS) is 29.1. The van der Waals surface area contributed by atoms with Gasteiger partial charge in [0.25, 0.3) is 0 Å². The molecular formula is C16H29NO2Si. The van der Waals surface area contributed by atoms with E-state index in [0.29, 0.717) is 5.92 Å². The molecule has 0 unspecified atom stereocenters. The lowest BCUT2D eigenvalue weighted by atomic mass is 9.93. The molecule has 20 heavy (non-hydrogen) atoms. The second-order valence-corrected chi connectivity index (χ2v) is 12.3. The Morgan fingerprint density at radius 1 is 1.40 bits per heavy atom. The molecule has 0 aromatic carbocycles. The van der Waals surface area contributed by atoms with Crippen LogP contribution in [0, 0.1) is 17.2 Å². The van der Waals surface area contributed by atoms with Crippen LogP contribution in [-0.4, -0.2) is 27.1 Å². The van der Waals surface area contributed by atoms with Crippen LogP contribution in [0.2, 0.25) is 18.1 Å². The molecule has 4 heteroatoms. The largest absolute Gasteiger partial charge is 0.411 e. The van der Waals surface area contributed by atoms with Crippen LogP contribution < -0.4 is 0 Å². The van der Waals surface area contributed by atoms with Gasteiger partial charge in [0.2, 0.25) is 0 Å². The second kappa shape index (κ2) is 6.42. The summed E-state index contributed by atoms with van der Waals surface area (Å²) in [5.41, 5.74) is 0.975. The minimum absolute atomic E-state index is 0.0695. The van der Waals surface area contributed by atoms with Gasteiger partial charge in [-0.1, -0.05) is 27.7 Å². The fourth-order valence-electron chi connectivity index (χ4n) is 2.24. The molecule has 0 aliphatic carbocycles. The van der Waals surface area contributed by atoms with E-state index in [2.05, 4.69) is 46.9 Å². The topological polar surface area (TPSA) is 42.2 Å². The molecule has 1 saturated heterocycles. The van der Waals surface area contributed by atoms with Crippen LogP contribution in [0.15, 0.2) is 11.6 Å². The number of nitriles is 1. The lowest BCUT2D eigenvalue weighted by molar-refractivity contribution is -0.0705. The molecular weight excluding hydrogens is 266 g/mol. The summed E-state index contributed by atoms with van der Waals surface area (Å²) in [5, 5.41) is 9.04. The monoisotopic (exact) mass is 295 g/mol. The lowest BCUT2D eigenvalue weighted by Gasteiger charge is -2.44. The van der Waals surface area contributed by atoms with Crippen LogP contribution in [0.4, 0.5) is 0 Å². The Kier molecular flexibility index (Phi) is 5.59. The number of hydrogen-bond donors (Lipinski definition) is 0. The van der Waals surface area contributed by atoms with Crippen LogP contribution in [-0.2, 0) is 9.16 Å². The molecule has 0 amide bonds. The van der Waals surface area contributed by atoms with E-state index in [1.165, 1.54) is 0 Å². The third-order valence-corrected chi connectivity index (χ3v) is 9.03. The zero-order valence-corrected chi connectivity index (χ0v) is 15.0. The predicted octanol–water partition coefficient (Wildman–Crippen LogP) is 4.27. The van der Waals surface area contributed by atoms with E-state index in [-0.39, 0.29) is 17.2 Å². The van der Waals surface area contributed by atoms with Gasteiger partial charge >= 0.3 is 0 Å². The number of ether oxygens (including phenoxy) is 1. The Morgan fingerprint density at radius 3 is 2.50 bits per heavy atom. The van der Waals surface area contributed by atoms with Crippen molar-refractivity contribution in [2.75, 3.05) is 6.61 Å². The van der Waals surface area contributed by atoms with Gasteiger partial charge in [0.15, 0.2) is 8.32 Å². The molecule has 1 rings (SSSR count). The van der Waals surface area contributed by atoms with Gasteiger partial charge in [-0.2, -0.15) is 5.26 Å². The first kappa shape index (κ1) is 17.4. The molecule has 1 heterocycles. The average molecular weight is 295 g/mol. The van der Waals surface area contributed by atoms with E-state index < -0.39 is 8.32 Å². The van der Waals surface area contributed by atoms with Gasteiger partial charge in [-0.25, -0.2) is 0 Å². The van der Waals surface area contributed by atoms with E-state index in [0.717, 1.165) is 18.6 Å². The number of rotatable bonds is 3. The highest BCUT2D eigenvalue weighted by Gasteiger charge is 2.42. The minimum Gasteiger partial charge on any atom is -0.411 e. The molecule has 1 fully saturated rings. The molecule has 3 atom stereocenters. The fraction of sp³-hybridized carbons (Fsp3) is 0.812. The summed E-state index contributed by atoms with van der Waals surface area (Å²) in [6.07, 6.45) is 2.60. The Hall–Kier alpha value is -0.633. The van der Waals surface area contributed by atoms with Gasteiger partial charge in [-0.3, -0.25) is 0 Å². The van der Waals surface area contributed by atoms with Crippen LogP contribution in [0.1, 0.15) is 41.0 Å². The highest BCUT2D eigenvalue weighted by molar-refractivity contribution is 6.74. The van der Waals surface area contributed by atoms with Crippen molar-refractivity contribution in [3.8, 4) is 6.07 Å². The second-order valence-electron chi connectivity index (χ2n) is 7.53. The molecule has 0 N–H and O–H groups in total. The van der Waals surface area contributed by atoms with Crippen molar-refractivity contribution in [1.29, 1.82) is 5.26 Å². The first-order chi connectivity index (χ1) is 9.08. The van der Waals surface area contributed by atoms with Gasteiger partial charge in [-0.15, -0.1) is 0 Å². The van der Waals surface area contributed by atoms with Crippen LogP contribution in [0.3, 0.4) is 0 Å². The van der Waals surface area contributed by atoms with Crippen molar-refractivity contribution in [3.63, 3.8) is 0 Å². The first-order valence-electron chi connectivity index (χ1n) is 7.44. The molecule has 0 spiro atoms. The molecule has 0 radical (unpaired) electrons. The first-order valence-corrected chi connectivity index (χ1v) is 10.3. The van der Waals surface area contributed by atoms with Crippen LogP contribution in [0.5, 0.6) is 0 Å². The fourth-order valence-corrected chi connectivity index (χ4v) is 3.57. The third-order valence-electron chi connectivity index (χ3n) is 4.53. The molecule has 0 bridgehead atoms. The van der Waals surface area contributed by atoms with E-state index in [4.69, 9.17) is 14.4 Å². The minimum atomic E-state index is -1.82. The predicted molar refractivity (Wildman–Crippen MR) is 85.0 cm³/mol. The Bertz CT molecular complexity index is 404. The maximum absolute atomic E-state index is 8.85. The maximum atomic E-state index is 8.85. The van der Waals surface area contributed by atoms with Crippen LogP contribution >= 0.6 is 0 Å². The number of allylic oxidation sites excluding steroid dienone is 1. The number of nitrogens with zero attached hydrogens (tertiary/aromatic N) is 1. The van der Waals surface area contributed by atoms with Gasteiger partial charge in [0, 0.05) is 6.08 Å². The van der Waals surface area contributed by atoms with Crippen molar-refractivity contribution in [1.82, 2.24) is 0 Å². The Labute approximate surface area is 125 Å². The van der Waals surface area contributed by atoms with Crippen LogP contribution in [0.25, 0.3) is 0 Å². The molecule has 0 aromatic rings. The summed E-state index contributed by atoms with van der Waals surface area (Å²) in [7, 11) is -1.82. The molecule has 0 saturated carbocycles.